The number of aliphatic carboxylic acids is 1. The first-order valence-electron chi connectivity index (χ1n) is 7.69. The molecule has 140 valence electrons. The predicted molar refractivity (Wildman–Crippen MR) is 82.0 cm³/mol. The van der Waals surface area contributed by atoms with Gasteiger partial charge in [0.2, 0.25) is 0 Å². The molecule has 1 aliphatic rings. The van der Waals surface area contributed by atoms with Gasteiger partial charge in [-0.3, -0.25) is 4.98 Å². The lowest BCUT2D eigenvalue weighted by molar-refractivity contribution is -0.295. The Kier molecular flexibility index (Phi) is 6.41. The van der Waals surface area contributed by atoms with E-state index in [0.717, 1.165) is 5.56 Å². The number of aliphatic hydroxyl groups excluding tert-OH is 4. The highest BCUT2D eigenvalue weighted by Gasteiger charge is 2.53. The molecule has 1 unspecified atom stereocenters. The van der Waals surface area contributed by atoms with Crippen molar-refractivity contribution in [2.24, 2.45) is 0 Å². The van der Waals surface area contributed by atoms with E-state index in [4.69, 9.17) is 14.9 Å². The number of nitrogens with zero attached hydrogens (tertiary/aromatic N) is 1. The predicted octanol–water partition coefficient (Wildman–Crippen LogP) is -2.82. The van der Waals surface area contributed by atoms with Crippen LogP contribution in [0.1, 0.15) is 12.0 Å². The van der Waals surface area contributed by atoms with E-state index in [2.05, 4.69) is 10.3 Å². The van der Waals surface area contributed by atoms with Gasteiger partial charge >= 0.3 is 5.97 Å². The van der Waals surface area contributed by atoms with Crippen LogP contribution in [0.5, 0.6) is 0 Å². The Bertz CT molecular complexity index is 574. The molecule has 0 bridgehead atoms. The summed E-state index contributed by atoms with van der Waals surface area (Å²) in [7, 11) is 0. The Balaban J connectivity index is 2.20. The Labute approximate surface area is 143 Å². The molecule has 0 spiro atoms. The molecule has 25 heavy (non-hydrogen) atoms. The molecule has 10 nitrogen and oxygen atoms in total. The van der Waals surface area contributed by atoms with Gasteiger partial charge in [0.25, 0.3) is 5.79 Å². The molecule has 1 saturated heterocycles. The minimum atomic E-state index is -2.72. The second-order valence-electron chi connectivity index (χ2n) is 5.95. The van der Waals surface area contributed by atoms with Crippen LogP contribution in [-0.4, -0.2) is 84.4 Å². The monoisotopic (exact) mass is 358 g/mol. The van der Waals surface area contributed by atoms with Crippen molar-refractivity contribution in [3.63, 3.8) is 0 Å². The summed E-state index contributed by atoms with van der Waals surface area (Å²) in [6.45, 7) is -0.596. The fourth-order valence-electron chi connectivity index (χ4n) is 2.71. The second kappa shape index (κ2) is 8.15. The van der Waals surface area contributed by atoms with E-state index in [9.17, 15) is 25.2 Å². The molecule has 0 amide bonds. The van der Waals surface area contributed by atoms with Crippen molar-refractivity contribution < 1.29 is 40.2 Å². The highest BCUT2D eigenvalue weighted by Crippen LogP contribution is 2.30. The largest absolute Gasteiger partial charge is 0.477 e. The van der Waals surface area contributed by atoms with Crippen LogP contribution in [0, 0.1) is 0 Å². The van der Waals surface area contributed by atoms with Gasteiger partial charge in [-0.2, -0.15) is 0 Å². The van der Waals surface area contributed by atoms with Crippen LogP contribution < -0.4 is 5.32 Å². The summed E-state index contributed by atoms with van der Waals surface area (Å²) in [4.78, 5) is 15.1. The molecular weight excluding hydrogens is 336 g/mol. The molecule has 7 N–H and O–H groups in total. The molecule has 2 rings (SSSR count). The average Bonchev–Trinajstić information content (AvgIpc) is 2.59. The first kappa shape index (κ1) is 19.7. The summed E-state index contributed by atoms with van der Waals surface area (Å²) in [5.74, 6) is -4.44. The molecule has 1 fully saturated rings. The third-order valence-corrected chi connectivity index (χ3v) is 4.10. The second-order valence-corrected chi connectivity index (χ2v) is 5.95. The number of ether oxygens (including phenoxy) is 1. The zero-order valence-corrected chi connectivity index (χ0v) is 13.3. The van der Waals surface area contributed by atoms with Crippen LogP contribution >= 0.6 is 0 Å². The fraction of sp³-hybridized carbons (Fsp3) is 0.600. The van der Waals surface area contributed by atoms with Gasteiger partial charge in [-0.1, -0.05) is 6.07 Å². The Morgan fingerprint density at radius 2 is 2.20 bits per heavy atom. The summed E-state index contributed by atoms with van der Waals surface area (Å²) >= 11 is 0. The highest BCUT2D eigenvalue weighted by molar-refractivity contribution is 5.75. The number of carboxylic acids is 1. The fourth-order valence-corrected chi connectivity index (χ4v) is 2.71. The van der Waals surface area contributed by atoms with Gasteiger partial charge in [0, 0.05) is 25.4 Å². The summed E-state index contributed by atoms with van der Waals surface area (Å²) in [5.41, 5.74) is 0.754. The quantitative estimate of drug-likeness (QED) is 0.269. The van der Waals surface area contributed by atoms with Crippen molar-refractivity contribution in [2.45, 2.75) is 49.2 Å². The summed E-state index contributed by atoms with van der Waals surface area (Å²) < 4.78 is 5.09. The molecule has 1 aromatic rings. The van der Waals surface area contributed by atoms with Crippen LogP contribution in [0.15, 0.2) is 24.5 Å². The number of aromatic nitrogens is 1. The summed E-state index contributed by atoms with van der Waals surface area (Å²) in [5, 5.41) is 61.1. The van der Waals surface area contributed by atoms with Crippen LogP contribution in [-0.2, 0) is 16.1 Å². The number of hydrogen-bond acceptors (Lipinski definition) is 9. The normalized spacial score (nSPS) is 32.1. The first-order chi connectivity index (χ1) is 11.8. The van der Waals surface area contributed by atoms with Crippen molar-refractivity contribution in [2.75, 3.05) is 6.61 Å². The average molecular weight is 358 g/mol. The third-order valence-electron chi connectivity index (χ3n) is 4.10. The molecule has 6 atom stereocenters. The van der Waals surface area contributed by atoms with E-state index in [-0.39, 0.29) is 6.54 Å². The molecular formula is C15H22N2O8. The number of aliphatic hydroxyl groups is 5. The summed E-state index contributed by atoms with van der Waals surface area (Å²) in [6.07, 6.45) is -3.73. The van der Waals surface area contributed by atoms with Crippen LogP contribution in [0.25, 0.3) is 0 Å². The number of pyridine rings is 1. The minimum Gasteiger partial charge on any atom is -0.477 e. The van der Waals surface area contributed by atoms with E-state index in [1.807, 2.05) is 0 Å². The number of rotatable bonds is 7. The van der Waals surface area contributed by atoms with Crippen LogP contribution in [0.4, 0.5) is 0 Å². The summed E-state index contributed by atoms with van der Waals surface area (Å²) in [6, 6.07) is 2.46. The molecule has 0 aromatic carbocycles. The molecule has 0 radical (unpaired) electrons. The smallest absolute Gasteiger partial charge is 0.364 e. The van der Waals surface area contributed by atoms with E-state index < -0.39 is 55.2 Å². The van der Waals surface area contributed by atoms with Crippen molar-refractivity contribution in [1.29, 1.82) is 0 Å². The zero-order valence-electron chi connectivity index (χ0n) is 13.3. The molecule has 0 saturated carbocycles. The topological polar surface area (TPSA) is 173 Å². The van der Waals surface area contributed by atoms with E-state index >= 15 is 0 Å². The van der Waals surface area contributed by atoms with Gasteiger partial charge in [0.1, 0.15) is 18.3 Å². The molecule has 1 aliphatic heterocycles. The standard InChI is InChI=1S/C15H22N2O8/c18-7-10(20)12(21)13-11(17-6-8-2-1-3-16-5-8)9(19)4-15(24,25-13)14(22)23/h1-3,5,9-13,17-21,24H,4,6-7H2,(H,22,23)/t9-,10+,11+,12+,13+,15?/m0/s1. The van der Waals surface area contributed by atoms with E-state index in [1.165, 1.54) is 0 Å². The van der Waals surface area contributed by atoms with Gasteiger partial charge in [-0.15, -0.1) is 0 Å². The van der Waals surface area contributed by atoms with E-state index in [1.54, 1.807) is 24.5 Å². The van der Waals surface area contributed by atoms with Gasteiger partial charge < -0.3 is 40.7 Å². The Morgan fingerprint density at radius 1 is 1.48 bits per heavy atom. The minimum absolute atomic E-state index is 0.211. The number of carbonyl (C=O) groups is 1. The van der Waals surface area contributed by atoms with Gasteiger partial charge in [-0.05, 0) is 11.6 Å². The van der Waals surface area contributed by atoms with Crippen molar-refractivity contribution in [3.8, 4) is 0 Å². The maximum atomic E-state index is 11.2. The van der Waals surface area contributed by atoms with Crippen molar-refractivity contribution >= 4 is 5.97 Å². The molecule has 0 aliphatic carbocycles. The maximum absolute atomic E-state index is 11.2. The molecule has 10 heteroatoms. The Morgan fingerprint density at radius 3 is 2.76 bits per heavy atom. The lowest BCUT2D eigenvalue weighted by Gasteiger charge is -2.44. The maximum Gasteiger partial charge on any atom is 0.364 e. The lowest BCUT2D eigenvalue weighted by Crippen LogP contribution is -2.66. The number of carboxylic acid groups (broad SMARTS) is 1. The molecule has 2 heterocycles. The molecule has 1 aromatic heterocycles. The van der Waals surface area contributed by atoms with Gasteiger partial charge in [0.05, 0.1) is 18.8 Å². The van der Waals surface area contributed by atoms with Crippen molar-refractivity contribution in [3.05, 3.63) is 30.1 Å². The number of hydrogen-bond donors (Lipinski definition) is 7. The highest BCUT2D eigenvalue weighted by atomic mass is 16.7. The van der Waals surface area contributed by atoms with Gasteiger partial charge in [-0.25, -0.2) is 4.79 Å². The zero-order chi connectivity index (χ0) is 18.6. The van der Waals surface area contributed by atoms with Crippen molar-refractivity contribution in [1.82, 2.24) is 10.3 Å². The van der Waals surface area contributed by atoms with Crippen LogP contribution in [0.3, 0.4) is 0 Å². The van der Waals surface area contributed by atoms with Gasteiger partial charge in [0.15, 0.2) is 0 Å². The number of nitrogens with one attached hydrogen (secondary N) is 1. The van der Waals surface area contributed by atoms with Crippen LogP contribution in [0.2, 0.25) is 0 Å². The third kappa shape index (κ3) is 4.50. The van der Waals surface area contributed by atoms with E-state index in [0.29, 0.717) is 0 Å². The first-order valence-corrected chi connectivity index (χ1v) is 7.69. The Hall–Kier alpha value is -1.66. The lowest BCUT2D eigenvalue weighted by atomic mass is 9.88. The SMILES string of the molecule is O=C(O)C1(O)C[C@H](O)[C@@H](NCc2cccnc2)[C@H]([C@H](O)[C@H](O)CO)O1.